The van der Waals surface area contributed by atoms with Gasteiger partial charge in [0.25, 0.3) is 0 Å². The highest BCUT2D eigenvalue weighted by Gasteiger charge is 2.06. The first kappa shape index (κ1) is 18.7. The molecule has 1 aromatic heterocycles. The Labute approximate surface area is 164 Å². The summed E-state index contributed by atoms with van der Waals surface area (Å²) in [4.78, 5) is 4.25. The highest BCUT2D eigenvalue weighted by Crippen LogP contribution is 2.29. The molecule has 140 valence electrons. The zero-order valence-corrected chi connectivity index (χ0v) is 16.3. The normalized spacial score (nSPS) is 10.3. The summed E-state index contributed by atoms with van der Waals surface area (Å²) in [5.74, 6) is 2.28. The third kappa shape index (κ3) is 4.57. The van der Waals surface area contributed by atoms with Gasteiger partial charge in [0, 0.05) is 36.4 Å². The first-order chi connectivity index (χ1) is 13.1. The molecule has 6 nitrogen and oxygen atoms in total. The number of hydrogen-bond donors (Lipinski definition) is 2. The molecule has 7 heteroatoms. The van der Waals surface area contributed by atoms with Gasteiger partial charge in [-0.2, -0.15) is 0 Å². The maximum Gasteiger partial charge on any atom is 0.171 e. The Balaban J connectivity index is 1.57. The highest BCUT2D eigenvalue weighted by atomic mass is 32.1. The van der Waals surface area contributed by atoms with Crippen LogP contribution < -0.4 is 20.1 Å². The quantitative estimate of drug-likeness (QED) is 0.634. The SMILES string of the molecule is COc1ccc(NC(=S)NCc2ccc(-n3ccnc3C)cc2)cc1OC. The van der Waals surface area contributed by atoms with Gasteiger partial charge in [-0.25, -0.2) is 4.98 Å². The number of aryl methyl sites for hydroxylation is 1. The van der Waals surface area contributed by atoms with Crippen LogP contribution in [0.25, 0.3) is 5.69 Å². The van der Waals surface area contributed by atoms with Crippen molar-refractivity contribution >= 4 is 23.0 Å². The molecule has 0 unspecified atom stereocenters. The average molecular weight is 382 g/mol. The van der Waals surface area contributed by atoms with Gasteiger partial charge in [-0.15, -0.1) is 0 Å². The lowest BCUT2D eigenvalue weighted by molar-refractivity contribution is 0.355. The van der Waals surface area contributed by atoms with E-state index in [9.17, 15) is 0 Å². The Morgan fingerprint density at radius 2 is 1.81 bits per heavy atom. The highest BCUT2D eigenvalue weighted by molar-refractivity contribution is 7.80. The van der Waals surface area contributed by atoms with E-state index >= 15 is 0 Å². The molecule has 0 spiro atoms. The molecule has 3 aromatic rings. The van der Waals surface area contributed by atoms with Crippen LogP contribution in [-0.2, 0) is 6.54 Å². The lowest BCUT2D eigenvalue weighted by Crippen LogP contribution is -2.27. The van der Waals surface area contributed by atoms with Gasteiger partial charge >= 0.3 is 0 Å². The molecule has 2 N–H and O–H groups in total. The van der Waals surface area contributed by atoms with Crippen molar-refractivity contribution in [2.24, 2.45) is 0 Å². The molecule has 2 aromatic carbocycles. The fourth-order valence-electron chi connectivity index (χ4n) is 2.70. The van der Waals surface area contributed by atoms with E-state index in [0.29, 0.717) is 23.2 Å². The average Bonchev–Trinajstić information content (AvgIpc) is 3.12. The number of nitrogens with one attached hydrogen (secondary N) is 2. The number of rotatable bonds is 6. The van der Waals surface area contributed by atoms with Crippen molar-refractivity contribution in [3.8, 4) is 17.2 Å². The monoisotopic (exact) mass is 382 g/mol. The molecule has 0 bridgehead atoms. The summed E-state index contributed by atoms with van der Waals surface area (Å²) >= 11 is 5.38. The van der Waals surface area contributed by atoms with Gasteiger partial charge in [-0.05, 0) is 49.0 Å². The molecular weight excluding hydrogens is 360 g/mol. The van der Waals surface area contributed by atoms with Gasteiger partial charge in [0.1, 0.15) is 5.82 Å². The van der Waals surface area contributed by atoms with Crippen LogP contribution in [0.5, 0.6) is 11.5 Å². The van der Waals surface area contributed by atoms with Crippen LogP contribution in [-0.4, -0.2) is 28.9 Å². The summed E-state index contributed by atoms with van der Waals surface area (Å²) in [6.07, 6.45) is 3.74. The number of ether oxygens (including phenoxy) is 2. The number of hydrogen-bond acceptors (Lipinski definition) is 4. The van der Waals surface area contributed by atoms with E-state index in [1.807, 2.05) is 35.9 Å². The fraction of sp³-hybridized carbons (Fsp3) is 0.200. The van der Waals surface area contributed by atoms with E-state index < -0.39 is 0 Å². The Morgan fingerprint density at radius 1 is 1.07 bits per heavy atom. The molecule has 0 fully saturated rings. The number of anilines is 1. The zero-order chi connectivity index (χ0) is 19.2. The molecule has 0 saturated carbocycles. The second-order valence-electron chi connectivity index (χ2n) is 5.89. The van der Waals surface area contributed by atoms with Crippen molar-refractivity contribution in [2.75, 3.05) is 19.5 Å². The summed E-state index contributed by atoms with van der Waals surface area (Å²) < 4.78 is 12.6. The maximum absolute atomic E-state index is 5.38. The van der Waals surface area contributed by atoms with Crippen LogP contribution >= 0.6 is 12.2 Å². The Hall–Kier alpha value is -3.06. The summed E-state index contributed by atoms with van der Waals surface area (Å²) in [7, 11) is 3.21. The topological polar surface area (TPSA) is 60.3 Å². The van der Waals surface area contributed by atoms with Gasteiger partial charge in [0.05, 0.1) is 14.2 Å². The van der Waals surface area contributed by atoms with Crippen molar-refractivity contribution in [1.82, 2.24) is 14.9 Å². The van der Waals surface area contributed by atoms with Crippen molar-refractivity contribution in [3.63, 3.8) is 0 Å². The van der Waals surface area contributed by atoms with Crippen LogP contribution in [0.4, 0.5) is 5.69 Å². The van der Waals surface area contributed by atoms with E-state index in [-0.39, 0.29) is 0 Å². The molecule has 27 heavy (non-hydrogen) atoms. The zero-order valence-electron chi connectivity index (χ0n) is 15.5. The van der Waals surface area contributed by atoms with Crippen LogP contribution in [0, 0.1) is 6.92 Å². The summed E-state index contributed by atoms with van der Waals surface area (Å²) in [5.41, 5.74) is 3.05. The molecule has 1 heterocycles. The second kappa shape index (κ2) is 8.55. The molecule has 0 aliphatic heterocycles. The molecule has 3 rings (SSSR count). The van der Waals surface area contributed by atoms with Gasteiger partial charge < -0.3 is 24.7 Å². The predicted molar refractivity (Wildman–Crippen MR) is 111 cm³/mol. The molecule has 0 radical (unpaired) electrons. The number of thiocarbonyl (C=S) groups is 1. The van der Waals surface area contributed by atoms with Crippen LogP contribution in [0.3, 0.4) is 0 Å². The maximum atomic E-state index is 5.38. The number of imidazole rings is 1. The predicted octanol–water partition coefficient (Wildman–Crippen LogP) is 3.68. The number of aromatic nitrogens is 2. The molecule has 0 aliphatic rings. The lowest BCUT2D eigenvalue weighted by atomic mass is 10.2. The smallest absolute Gasteiger partial charge is 0.171 e. The first-order valence-electron chi connectivity index (χ1n) is 8.47. The summed E-state index contributed by atoms with van der Waals surface area (Å²) in [6.45, 7) is 2.61. The van der Waals surface area contributed by atoms with Gasteiger partial charge in [0.2, 0.25) is 0 Å². The summed E-state index contributed by atoms with van der Waals surface area (Å²) in [5, 5.41) is 6.90. The van der Waals surface area contributed by atoms with E-state index in [1.54, 1.807) is 20.4 Å². The molecule has 0 aliphatic carbocycles. The molecular formula is C20H22N4O2S. The summed E-state index contributed by atoms with van der Waals surface area (Å²) in [6, 6.07) is 13.8. The number of methoxy groups -OCH3 is 2. The Kier molecular flexibility index (Phi) is 5.93. The Morgan fingerprint density at radius 3 is 2.44 bits per heavy atom. The minimum absolute atomic E-state index is 0.539. The lowest BCUT2D eigenvalue weighted by Gasteiger charge is -2.13. The fourth-order valence-corrected chi connectivity index (χ4v) is 2.89. The minimum Gasteiger partial charge on any atom is -0.493 e. The third-order valence-corrected chi connectivity index (χ3v) is 4.38. The molecule has 0 amide bonds. The van der Waals surface area contributed by atoms with Gasteiger partial charge in [-0.1, -0.05) is 12.1 Å². The standard InChI is InChI=1S/C20H22N4O2S/c1-14-21-10-11-24(14)17-7-4-15(5-8-17)13-22-20(27)23-16-6-9-18(25-2)19(12-16)26-3/h4-12H,13H2,1-3H3,(H2,22,23,27). The van der Waals surface area contributed by atoms with Crippen molar-refractivity contribution < 1.29 is 9.47 Å². The van der Waals surface area contributed by atoms with E-state index in [4.69, 9.17) is 21.7 Å². The largest absolute Gasteiger partial charge is 0.493 e. The van der Waals surface area contributed by atoms with Crippen LogP contribution in [0.2, 0.25) is 0 Å². The minimum atomic E-state index is 0.539. The first-order valence-corrected chi connectivity index (χ1v) is 8.87. The van der Waals surface area contributed by atoms with E-state index in [0.717, 1.165) is 22.8 Å². The van der Waals surface area contributed by atoms with E-state index in [1.165, 1.54) is 0 Å². The Bertz CT molecular complexity index is 922. The molecule has 0 atom stereocenters. The second-order valence-corrected chi connectivity index (χ2v) is 6.30. The molecule has 0 saturated heterocycles. The van der Waals surface area contributed by atoms with Gasteiger partial charge in [-0.3, -0.25) is 0 Å². The number of nitrogens with zero attached hydrogens (tertiary/aromatic N) is 2. The van der Waals surface area contributed by atoms with Crippen molar-refractivity contribution in [1.29, 1.82) is 0 Å². The van der Waals surface area contributed by atoms with Crippen molar-refractivity contribution in [3.05, 3.63) is 66.2 Å². The van der Waals surface area contributed by atoms with Crippen LogP contribution in [0.1, 0.15) is 11.4 Å². The van der Waals surface area contributed by atoms with Crippen LogP contribution in [0.15, 0.2) is 54.9 Å². The van der Waals surface area contributed by atoms with E-state index in [2.05, 4.69) is 39.9 Å². The van der Waals surface area contributed by atoms with Gasteiger partial charge in [0.15, 0.2) is 16.6 Å². The third-order valence-electron chi connectivity index (χ3n) is 4.13. The number of benzene rings is 2. The van der Waals surface area contributed by atoms with Crippen molar-refractivity contribution in [2.45, 2.75) is 13.5 Å².